The number of rotatable bonds is 5. The molecular weight excluding hydrogens is 350 g/mol. The molecule has 1 amide bonds. The van der Waals surface area contributed by atoms with E-state index in [0.29, 0.717) is 30.4 Å². The number of nitrogens with one attached hydrogen (secondary N) is 1. The van der Waals surface area contributed by atoms with Crippen LogP contribution in [-0.2, 0) is 11.3 Å². The molecule has 12 heteroatoms. The molecule has 0 unspecified atom stereocenters. The predicted molar refractivity (Wildman–Crippen MR) is 86.3 cm³/mol. The zero-order chi connectivity index (χ0) is 18.8. The number of carbonyl (C=O) groups is 1. The Bertz CT molecular complexity index is 907. The first kappa shape index (κ1) is 17.1. The molecule has 0 atom stereocenters. The predicted octanol–water partition coefficient (Wildman–Crippen LogP) is 1.42. The number of anilines is 1. The Labute approximate surface area is 145 Å². The second-order valence-electron chi connectivity index (χ2n) is 5.34. The number of hydrogen-bond donors (Lipinski definition) is 1. The van der Waals surface area contributed by atoms with Gasteiger partial charge in [0, 0.05) is 11.8 Å². The van der Waals surface area contributed by atoms with Crippen molar-refractivity contribution in [1.82, 2.24) is 9.78 Å². The normalized spacial score (nSPS) is 12.5. The van der Waals surface area contributed by atoms with Crippen molar-refractivity contribution >= 4 is 23.1 Å². The minimum atomic E-state index is -0.958. The maximum atomic E-state index is 12.2. The summed E-state index contributed by atoms with van der Waals surface area (Å²) < 4.78 is 11.7. The van der Waals surface area contributed by atoms with Crippen LogP contribution < -0.4 is 14.8 Å². The monoisotopic (exact) mass is 363 g/mol. The highest BCUT2D eigenvalue weighted by Gasteiger charge is 2.35. The van der Waals surface area contributed by atoms with Crippen molar-refractivity contribution in [2.45, 2.75) is 13.5 Å². The van der Waals surface area contributed by atoms with Crippen molar-refractivity contribution in [3.63, 3.8) is 0 Å². The highest BCUT2D eigenvalue weighted by Crippen LogP contribution is 2.33. The lowest BCUT2D eigenvalue weighted by Gasteiger charge is -2.18. The molecule has 12 nitrogen and oxygen atoms in total. The molecule has 26 heavy (non-hydrogen) atoms. The first-order valence-electron chi connectivity index (χ1n) is 7.42. The van der Waals surface area contributed by atoms with Crippen LogP contribution >= 0.6 is 0 Å². The van der Waals surface area contributed by atoms with Crippen molar-refractivity contribution in [3.8, 4) is 11.5 Å². The highest BCUT2D eigenvalue weighted by molar-refractivity contribution is 5.91. The fourth-order valence-corrected chi connectivity index (χ4v) is 2.47. The van der Waals surface area contributed by atoms with E-state index >= 15 is 0 Å². The molecule has 0 saturated heterocycles. The van der Waals surface area contributed by atoms with Gasteiger partial charge in [0.15, 0.2) is 11.5 Å². The topological polar surface area (TPSA) is 152 Å². The van der Waals surface area contributed by atoms with E-state index in [1.165, 1.54) is 6.92 Å². The summed E-state index contributed by atoms with van der Waals surface area (Å²) in [6.45, 7) is 1.70. The van der Waals surface area contributed by atoms with Crippen molar-refractivity contribution in [3.05, 3.63) is 44.1 Å². The summed E-state index contributed by atoms with van der Waals surface area (Å²) in [5, 5.41) is 28.0. The van der Waals surface area contributed by atoms with Crippen LogP contribution in [-0.4, -0.2) is 38.7 Å². The molecule has 1 aromatic carbocycles. The fourth-order valence-electron chi connectivity index (χ4n) is 2.47. The minimum absolute atomic E-state index is 0.0842. The molecule has 0 saturated carbocycles. The molecule has 0 fully saturated rings. The third-order valence-corrected chi connectivity index (χ3v) is 3.63. The summed E-state index contributed by atoms with van der Waals surface area (Å²) in [6.07, 6.45) is 0. The second-order valence-corrected chi connectivity index (χ2v) is 5.34. The zero-order valence-corrected chi connectivity index (χ0v) is 13.5. The van der Waals surface area contributed by atoms with E-state index in [9.17, 15) is 25.0 Å². The van der Waals surface area contributed by atoms with E-state index in [0.717, 1.165) is 4.68 Å². The highest BCUT2D eigenvalue weighted by atomic mass is 16.6. The lowest BCUT2D eigenvalue weighted by atomic mass is 10.2. The molecule has 0 aliphatic carbocycles. The zero-order valence-electron chi connectivity index (χ0n) is 13.5. The van der Waals surface area contributed by atoms with Crippen molar-refractivity contribution in [2.24, 2.45) is 0 Å². The molecule has 1 aromatic heterocycles. The molecule has 0 bridgehead atoms. The van der Waals surface area contributed by atoms with Gasteiger partial charge in [0.05, 0.1) is 10.0 Å². The van der Waals surface area contributed by atoms with E-state index in [1.54, 1.807) is 18.2 Å². The summed E-state index contributed by atoms with van der Waals surface area (Å²) in [7, 11) is 0. The average Bonchev–Trinajstić information content (AvgIpc) is 2.91. The van der Waals surface area contributed by atoms with Gasteiger partial charge < -0.3 is 24.9 Å². The van der Waals surface area contributed by atoms with E-state index < -0.39 is 33.8 Å². The number of ether oxygens (including phenoxy) is 2. The number of carbonyl (C=O) groups excluding carboxylic acids is 1. The maximum absolute atomic E-state index is 12.2. The number of hydrogen-bond acceptors (Lipinski definition) is 8. The second kappa shape index (κ2) is 6.66. The molecule has 0 radical (unpaired) electrons. The number of aromatic nitrogens is 2. The number of nitro groups is 2. The Morgan fingerprint density at radius 1 is 1.23 bits per heavy atom. The third kappa shape index (κ3) is 3.24. The van der Waals surface area contributed by atoms with Gasteiger partial charge >= 0.3 is 11.5 Å². The van der Waals surface area contributed by atoms with E-state index in [1.807, 2.05) is 0 Å². The number of fused-ring (bicyclic) bond motifs is 1. The smallest absolute Gasteiger partial charge is 0.468 e. The van der Waals surface area contributed by atoms with Crippen molar-refractivity contribution < 1.29 is 24.1 Å². The van der Waals surface area contributed by atoms with E-state index in [-0.39, 0.29) is 5.69 Å². The van der Waals surface area contributed by atoms with Crippen LogP contribution in [0.15, 0.2) is 18.2 Å². The Balaban J connectivity index is 1.77. The van der Waals surface area contributed by atoms with Crippen LogP contribution in [0, 0.1) is 27.2 Å². The molecule has 0 spiro atoms. The number of nitrogens with zero attached hydrogens (tertiary/aromatic N) is 4. The molecule has 1 aliphatic heterocycles. The Morgan fingerprint density at radius 3 is 2.54 bits per heavy atom. The first-order chi connectivity index (χ1) is 12.4. The van der Waals surface area contributed by atoms with Crippen LogP contribution in [0.1, 0.15) is 5.69 Å². The van der Waals surface area contributed by atoms with Gasteiger partial charge in [-0.05, 0) is 24.0 Å². The van der Waals surface area contributed by atoms with Gasteiger partial charge in [0.1, 0.15) is 25.5 Å². The van der Waals surface area contributed by atoms with Gasteiger partial charge in [0.2, 0.25) is 5.91 Å². The van der Waals surface area contributed by atoms with Gasteiger partial charge in [-0.1, -0.05) is 0 Å². The molecule has 2 heterocycles. The maximum Gasteiger partial charge on any atom is 0.468 e. The van der Waals surface area contributed by atoms with Gasteiger partial charge in [-0.25, -0.2) is 0 Å². The quantitative estimate of drug-likeness (QED) is 0.618. The van der Waals surface area contributed by atoms with E-state index in [4.69, 9.17) is 9.47 Å². The Hall–Kier alpha value is -3.70. The molecule has 3 rings (SSSR count). The minimum Gasteiger partial charge on any atom is -0.486 e. The van der Waals surface area contributed by atoms with Crippen LogP contribution in [0.5, 0.6) is 11.5 Å². The van der Waals surface area contributed by atoms with Gasteiger partial charge in [-0.2, -0.15) is 4.68 Å². The van der Waals surface area contributed by atoms with Gasteiger partial charge in [-0.15, -0.1) is 0 Å². The van der Waals surface area contributed by atoms with Gasteiger partial charge in [-0.3, -0.25) is 14.9 Å². The summed E-state index contributed by atoms with van der Waals surface area (Å²) in [4.78, 5) is 32.2. The number of benzene rings is 1. The molecule has 1 N–H and O–H groups in total. The summed E-state index contributed by atoms with van der Waals surface area (Å²) in [5.41, 5.74) is -0.394. The Morgan fingerprint density at radius 2 is 1.92 bits per heavy atom. The van der Waals surface area contributed by atoms with Crippen LogP contribution in [0.3, 0.4) is 0 Å². The third-order valence-electron chi connectivity index (χ3n) is 3.63. The van der Waals surface area contributed by atoms with Crippen molar-refractivity contribution in [2.75, 3.05) is 18.5 Å². The summed E-state index contributed by atoms with van der Waals surface area (Å²) in [6, 6.07) is 4.82. The summed E-state index contributed by atoms with van der Waals surface area (Å²) in [5.74, 6) is -0.421. The molecule has 2 aromatic rings. The van der Waals surface area contributed by atoms with Crippen molar-refractivity contribution in [1.29, 1.82) is 0 Å². The molecular formula is C14H13N5O7. The Kier molecular flexibility index (Phi) is 4.39. The van der Waals surface area contributed by atoms with Crippen LogP contribution in [0.2, 0.25) is 0 Å². The largest absolute Gasteiger partial charge is 0.486 e. The lowest BCUT2D eigenvalue weighted by Crippen LogP contribution is -2.21. The van der Waals surface area contributed by atoms with Crippen LogP contribution in [0.4, 0.5) is 17.2 Å². The van der Waals surface area contributed by atoms with E-state index in [2.05, 4.69) is 10.4 Å². The first-order valence-corrected chi connectivity index (χ1v) is 7.42. The number of amides is 1. The fraction of sp³-hybridized carbons (Fsp3) is 0.286. The average molecular weight is 363 g/mol. The summed E-state index contributed by atoms with van der Waals surface area (Å²) >= 11 is 0. The standard InChI is InChI=1S/C14H13N5O7/c1-8-13(18(21)22)14(19(23)24)16-17(8)7-12(20)15-9-2-3-10-11(6-9)26-5-4-25-10/h2-3,6H,4-5,7H2,1H3,(H,15,20). The SMILES string of the molecule is Cc1c([N+](=O)[O-])c([N+](=O)[O-])nn1CC(=O)Nc1ccc2c(c1)OCCO2. The molecule has 1 aliphatic rings. The van der Waals surface area contributed by atoms with Gasteiger partial charge in [0.25, 0.3) is 0 Å². The lowest BCUT2D eigenvalue weighted by molar-refractivity contribution is -0.424. The molecule has 136 valence electrons. The van der Waals surface area contributed by atoms with Crippen LogP contribution in [0.25, 0.3) is 0 Å².